The van der Waals surface area contributed by atoms with E-state index in [1.807, 2.05) is 0 Å². The highest BCUT2D eigenvalue weighted by molar-refractivity contribution is 7.91. The van der Waals surface area contributed by atoms with Gasteiger partial charge in [-0.3, -0.25) is 14.6 Å². The van der Waals surface area contributed by atoms with Crippen LogP contribution in [-0.4, -0.2) is 20.9 Å². The molecule has 31 heavy (non-hydrogen) atoms. The lowest BCUT2D eigenvalue weighted by atomic mass is 10.0. The minimum atomic E-state index is -1.83. The van der Waals surface area contributed by atoms with Crippen LogP contribution in [0.5, 0.6) is 0 Å². The molecule has 4 rings (SSSR count). The second-order valence-electron chi connectivity index (χ2n) is 6.68. The summed E-state index contributed by atoms with van der Waals surface area (Å²) in [5.41, 5.74) is 2.07. The zero-order valence-electron chi connectivity index (χ0n) is 15.9. The maximum Gasteiger partial charge on any atom is 0.251 e. The molecule has 0 radical (unpaired) electrons. The first-order valence-electron chi connectivity index (χ1n) is 9.13. The molecule has 1 aromatic heterocycles. The molecule has 0 saturated heterocycles. The molecular formula is C22H15ClFN3O3S. The van der Waals surface area contributed by atoms with Gasteiger partial charge in [-0.1, -0.05) is 17.7 Å². The first-order chi connectivity index (χ1) is 14.9. The third kappa shape index (κ3) is 4.55. The van der Waals surface area contributed by atoms with Crippen LogP contribution in [0.25, 0.3) is 6.08 Å². The number of allylic oxidation sites excluding steroid dienone is 1. The van der Waals surface area contributed by atoms with Crippen LogP contribution in [0.4, 0.5) is 10.1 Å². The zero-order valence-corrected chi connectivity index (χ0v) is 17.5. The summed E-state index contributed by atoms with van der Waals surface area (Å²) in [4.78, 5) is 29.4. The monoisotopic (exact) mass is 455 g/mol. The molecule has 2 heterocycles. The Hall–Kier alpha value is -3.36. The number of rotatable bonds is 4. The van der Waals surface area contributed by atoms with E-state index in [1.54, 1.807) is 30.6 Å². The number of nitrogens with one attached hydrogen (secondary N) is 2. The Bertz CT molecular complexity index is 1250. The third-order valence-electron chi connectivity index (χ3n) is 4.60. The van der Waals surface area contributed by atoms with Crippen molar-refractivity contribution < 1.29 is 18.2 Å². The quantitative estimate of drug-likeness (QED) is 0.579. The molecule has 0 aliphatic carbocycles. The topological polar surface area (TPSA) is 88.2 Å². The molecule has 2 N–H and O–H groups in total. The largest absolute Gasteiger partial charge is 0.348 e. The second-order valence-corrected chi connectivity index (χ2v) is 8.27. The second kappa shape index (κ2) is 8.79. The molecule has 1 aliphatic heterocycles. The van der Waals surface area contributed by atoms with E-state index in [9.17, 15) is 18.2 Å². The minimum Gasteiger partial charge on any atom is -0.348 e. The average molecular weight is 456 g/mol. The number of Topliss-reactive ketones (excluding diaryl/α,β-unsaturated/α-hetero) is 1. The van der Waals surface area contributed by atoms with Crippen LogP contribution < -0.4 is 10.0 Å². The first-order valence-corrected chi connectivity index (χ1v) is 10.7. The van der Waals surface area contributed by atoms with E-state index >= 15 is 0 Å². The van der Waals surface area contributed by atoms with Gasteiger partial charge in [-0.2, -0.15) is 0 Å². The molecule has 0 bridgehead atoms. The maximum absolute atomic E-state index is 13.7. The minimum absolute atomic E-state index is 0.0517. The molecule has 3 aromatic rings. The molecule has 0 spiro atoms. The van der Waals surface area contributed by atoms with Crippen LogP contribution in [-0.2, 0) is 17.5 Å². The number of ketones is 1. The van der Waals surface area contributed by atoms with Gasteiger partial charge < -0.3 is 10.0 Å². The Kier molecular flexibility index (Phi) is 5.92. The smallest absolute Gasteiger partial charge is 0.251 e. The summed E-state index contributed by atoms with van der Waals surface area (Å²) in [6, 6.07) is 12.1. The highest BCUT2D eigenvalue weighted by atomic mass is 35.5. The van der Waals surface area contributed by atoms with Crippen molar-refractivity contribution in [1.82, 2.24) is 10.3 Å². The molecule has 1 aliphatic rings. The fourth-order valence-corrected chi connectivity index (χ4v) is 4.12. The van der Waals surface area contributed by atoms with Crippen LogP contribution >= 0.6 is 11.6 Å². The first kappa shape index (κ1) is 20.9. The van der Waals surface area contributed by atoms with E-state index in [0.29, 0.717) is 17.8 Å². The summed E-state index contributed by atoms with van der Waals surface area (Å²) in [5, 5.41) is 2.73. The zero-order chi connectivity index (χ0) is 22.0. The lowest BCUT2D eigenvalue weighted by Crippen LogP contribution is -2.25. The summed E-state index contributed by atoms with van der Waals surface area (Å²) < 4.78 is 29.0. The van der Waals surface area contributed by atoms with Crippen LogP contribution in [0.3, 0.4) is 0 Å². The Labute approximate surface area is 184 Å². The van der Waals surface area contributed by atoms with E-state index in [4.69, 9.17) is 11.6 Å². The van der Waals surface area contributed by atoms with Gasteiger partial charge in [-0.05, 0) is 59.7 Å². The van der Waals surface area contributed by atoms with Gasteiger partial charge in [0, 0.05) is 30.1 Å². The van der Waals surface area contributed by atoms with Gasteiger partial charge in [-0.25, -0.2) is 8.60 Å². The predicted octanol–water partition coefficient (Wildman–Crippen LogP) is 4.12. The molecule has 1 amide bonds. The number of hydrogen-bond donors (Lipinski definition) is 2. The van der Waals surface area contributed by atoms with E-state index < -0.39 is 22.6 Å². The Morgan fingerprint density at radius 1 is 1.16 bits per heavy atom. The van der Waals surface area contributed by atoms with Gasteiger partial charge in [0.2, 0.25) is 5.78 Å². The molecule has 9 heteroatoms. The number of benzene rings is 2. The van der Waals surface area contributed by atoms with Crippen molar-refractivity contribution >= 4 is 46.0 Å². The average Bonchev–Trinajstić information content (AvgIpc) is 2.78. The number of anilines is 1. The molecule has 0 fully saturated rings. The van der Waals surface area contributed by atoms with Crippen molar-refractivity contribution in [1.29, 1.82) is 0 Å². The number of halogens is 2. The summed E-state index contributed by atoms with van der Waals surface area (Å²) in [6.45, 7) is 0.307. The van der Waals surface area contributed by atoms with Crippen LogP contribution in [0.1, 0.15) is 31.8 Å². The van der Waals surface area contributed by atoms with Gasteiger partial charge in [0.15, 0.2) is 11.0 Å². The van der Waals surface area contributed by atoms with Crippen LogP contribution in [0.15, 0.2) is 65.8 Å². The van der Waals surface area contributed by atoms with E-state index in [2.05, 4.69) is 15.0 Å². The number of fused-ring (bicyclic) bond motifs is 1. The van der Waals surface area contributed by atoms with Gasteiger partial charge in [0.05, 0.1) is 10.7 Å². The highest BCUT2D eigenvalue weighted by Gasteiger charge is 2.28. The lowest BCUT2D eigenvalue weighted by molar-refractivity contribution is 0.0951. The maximum atomic E-state index is 13.7. The molecular weight excluding hydrogens is 441 g/mol. The van der Waals surface area contributed by atoms with Crippen molar-refractivity contribution in [3.05, 3.63) is 98.9 Å². The number of aromatic nitrogens is 1. The normalized spacial score (nSPS) is 16.5. The van der Waals surface area contributed by atoms with Gasteiger partial charge in [-0.15, -0.1) is 0 Å². The van der Waals surface area contributed by atoms with Crippen molar-refractivity contribution in [3.63, 3.8) is 0 Å². The van der Waals surface area contributed by atoms with Gasteiger partial charge in [0.25, 0.3) is 5.91 Å². The number of nitrogens with zero attached hydrogens (tertiary/aromatic N) is 1. The Morgan fingerprint density at radius 2 is 1.94 bits per heavy atom. The molecule has 1 unspecified atom stereocenters. The highest BCUT2D eigenvalue weighted by Crippen LogP contribution is 2.30. The fraction of sp³-hybridized carbons (Fsp3) is 0.0455. The number of amides is 1. The molecule has 0 saturated carbocycles. The SMILES string of the molecule is O=C(NCc1ccncc1)c1ccc2c(c1)C(=O)/C(=C\c1ccc(Cl)c(F)c1)S(=O)N2. The molecule has 156 valence electrons. The number of carbonyl (C=O) groups is 2. The van der Waals surface area contributed by atoms with Gasteiger partial charge >= 0.3 is 0 Å². The molecule has 2 aromatic carbocycles. The summed E-state index contributed by atoms with van der Waals surface area (Å²) >= 11 is 5.68. The van der Waals surface area contributed by atoms with Crippen molar-refractivity contribution in [2.45, 2.75) is 6.54 Å². The summed E-state index contributed by atoms with van der Waals surface area (Å²) in [6.07, 6.45) is 4.60. The molecule has 6 nitrogen and oxygen atoms in total. The number of hydrogen-bond acceptors (Lipinski definition) is 4. The van der Waals surface area contributed by atoms with Crippen molar-refractivity contribution in [2.75, 3.05) is 4.72 Å². The van der Waals surface area contributed by atoms with Gasteiger partial charge in [0.1, 0.15) is 10.7 Å². The number of carbonyl (C=O) groups excluding carboxylic acids is 2. The fourth-order valence-electron chi connectivity index (χ4n) is 2.99. The predicted molar refractivity (Wildman–Crippen MR) is 117 cm³/mol. The molecule has 1 atom stereocenters. The Morgan fingerprint density at radius 3 is 2.68 bits per heavy atom. The van der Waals surface area contributed by atoms with E-state index in [-0.39, 0.29) is 27.0 Å². The van der Waals surface area contributed by atoms with Crippen molar-refractivity contribution in [3.8, 4) is 0 Å². The number of pyridine rings is 1. The lowest BCUT2D eigenvalue weighted by Gasteiger charge is -2.19. The van der Waals surface area contributed by atoms with E-state index in [0.717, 1.165) is 11.6 Å². The Balaban J connectivity index is 1.59. The summed E-state index contributed by atoms with van der Waals surface area (Å²) in [5.74, 6) is -1.51. The summed E-state index contributed by atoms with van der Waals surface area (Å²) in [7, 11) is -1.83. The third-order valence-corrected chi connectivity index (χ3v) is 6.01. The van der Waals surface area contributed by atoms with Crippen LogP contribution in [0.2, 0.25) is 5.02 Å². The van der Waals surface area contributed by atoms with Crippen LogP contribution in [0, 0.1) is 5.82 Å². The van der Waals surface area contributed by atoms with E-state index in [1.165, 1.54) is 30.3 Å². The standard InChI is InChI=1S/C22H15ClFN3O3S/c23-17-3-1-14(9-18(17)24)10-20-21(28)16-11-15(2-4-19(16)27-31(20)30)22(29)26-12-13-5-7-25-8-6-13/h1-11,27H,12H2,(H,26,29)/b20-10+. The van der Waals surface area contributed by atoms with Crippen molar-refractivity contribution in [2.24, 2.45) is 0 Å².